The Kier molecular flexibility index (Phi) is 3.54. The van der Waals surface area contributed by atoms with E-state index in [1.807, 2.05) is 26.0 Å². The lowest BCUT2D eigenvalue weighted by molar-refractivity contribution is 0.158. The number of phenolic OH excluding ortho intramolecular Hbond substituents is 1. The van der Waals surface area contributed by atoms with Crippen LogP contribution in [0.5, 0.6) is 17.2 Å². The van der Waals surface area contributed by atoms with Crippen LogP contribution < -0.4 is 14.9 Å². The summed E-state index contributed by atoms with van der Waals surface area (Å²) in [5.74, 6) is 1.15. The van der Waals surface area contributed by atoms with Gasteiger partial charge < -0.3 is 19.0 Å². The maximum absolute atomic E-state index is 13.1. The largest absolute Gasteiger partial charge is 0.508 e. The van der Waals surface area contributed by atoms with Crippen molar-refractivity contribution in [2.45, 2.75) is 19.4 Å². The smallest absolute Gasteiger partial charge is 0.204 e. The van der Waals surface area contributed by atoms with Crippen LogP contribution in [0, 0.1) is 0 Å². The molecule has 0 spiro atoms. The molecule has 0 fully saturated rings. The Morgan fingerprint density at radius 2 is 1.88 bits per heavy atom. The van der Waals surface area contributed by atoms with Crippen LogP contribution in [-0.2, 0) is 0 Å². The third kappa shape index (κ3) is 2.52. The molecule has 0 bridgehead atoms. The highest BCUT2D eigenvalue weighted by molar-refractivity contribution is 5.95. The van der Waals surface area contributed by atoms with E-state index < -0.39 is 5.60 Å². The van der Waals surface area contributed by atoms with Crippen molar-refractivity contribution in [1.82, 2.24) is 0 Å². The Morgan fingerprint density at radius 3 is 2.58 bits per heavy atom. The first-order valence-electron chi connectivity index (χ1n) is 8.24. The van der Waals surface area contributed by atoms with Crippen molar-refractivity contribution in [2.75, 3.05) is 7.11 Å². The van der Waals surface area contributed by atoms with Gasteiger partial charge in [0.25, 0.3) is 0 Å². The average Bonchev–Trinajstić information content (AvgIpc) is 2.61. The maximum atomic E-state index is 13.1. The van der Waals surface area contributed by atoms with Crippen LogP contribution in [0.25, 0.3) is 28.2 Å². The molecule has 0 radical (unpaired) electrons. The highest BCUT2D eigenvalue weighted by Gasteiger charge is 2.27. The summed E-state index contributed by atoms with van der Waals surface area (Å²) in [5, 5.41) is 9.82. The summed E-state index contributed by atoms with van der Waals surface area (Å²) in [6, 6.07) is 8.12. The SMILES string of the molecule is COc1cc2c(c3occ(-c4ccc(O)cc4)c(=O)c13)C=CC(C)(C)O2. The van der Waals surface area contributed by atoms with E-state index in [4.69, 9.17) is 13.9 Å². The van der Waals surface area contributed by atoms with E-state index >= 15 is 0 Å². The zero-order valence-corrected chi connectivity index (χ0v) is 14.7. The van der Waals surface area contributed by atoms with Crippen molar-refractivity contribution in [3.63, 3.8) is 0 Å². The van der Waals surface area contributed by atoms with Gasteiger partial charge in [-0.1, -0.05) is 12.1 Å². The lowest BCUT2D eigenvalue weighted by Crippen LogP contribution is -2.27. The number of rotatable bonds is 2. The minimum absolute atomic E-state index is 0.135. The average molecular weight is 350 g/mol. The Morgan fingerprint density at radius 1 is 1.15 bits per heavy atom. The second-order valence-corrected chi connectivity index (χ2v) is 6.76. The van der Waals surface area contributed by atoms with E-state index in [1.165, 1.54) is 25.5 Å². The molecule has 0 aliphatic carbocycles. The van der Waals surface area contributed by atoms with Gasteiger partial charge in [-0.2, -0.15) is 0 Å². The van der Waals surface area contributed by atoms with Crippen molar-refractivity contribution in [3.05, 3.63) is 58.5 Å². The molecule has 26 heavy (non-hydrogen) atoms. The quantitative estimate of drug-likeness (QED) is 0.744. The van der Waals surface area contributed by atoms with Crippen molar-refractivity contribution >= 4 is 17.0 Å². The van der Waals surface area contributed by atoms with E-state index in [0.29, 0.717) is 33.6 Å². The van der Waals surface area contributed by atoms with E-state index in [2.05, 4.69) is 0 Å². The van der Waals surface area contributed by atoms with Gasteiger partial charge >= 0.3 is 0 Å². The second-order valence-electron chi connectivity index (χ2n) is 6.76. The summed E-state index contributed by atoms with van der Waals surface area (Å²) in [4.78, 5) is 13.1. The zero-order valence-electron chi connectivity index (χ0n) is 14.7. The van der Waals surface area contributed by atoms with Crippen molar-refractivity contribution in [1.29, 1.82) is 0 Å². The monoisotopic (exact) mass is 350 g/mol. The molecule has 1 aliphatic rings. The third-order valence-electron chi connectivity index (χ3n) is 4.43. The van der Waals surface area contributed by atoms with E-state index in [-0.39, 0.29) is 11.2 Å². The highest BCUT2D eigenvalue weighted by atomic mass is 16.5. The fourth-order valence-corrected chi connectivity index (χ4v) is 3.12. The minimum Gasteiger partial charge on any atom is -0.508 e. The fourth-order valence-electron chi connectivity index (χ4n) is 3.12. The third-order valence-corrected chi connectivity index (χ3v) is 4.43. The Bertz CT molecular complexity index is 1090. The number of fused-ring (bicyclic) bond motifs is 3. The molecule has 2 heterocycles. The lowest BCUT2D eigenvalue weighted by Gasteiger charge is -2.28. The van der Waals surface area contributed by atoms with Gasteiger partial charge in [-0.25, -0.2) is 0 Å². The highest BCUT2D eigenvalue weighted by Crippen LogP contribution is 2.40. The van der Waals surface area contributed by atoms with Gasteiger partial charge in [-0.05, 0) is 43.7 Å². The van der Waals surface area contributed by atoms with Crippen LogP contribution in [0.4, 0.5) is 0 Å². The van der Waals surface area contributed by atoms with Crippen LogP contribution >= 0.6 is 0 Å². The maximum Gasteiger partial charge on any atom is 0.204 e. The topological polar surface area (TPSA) is 68.9 Å². The van der Waals surface area contributed by atoms with Gasteiger partial charge in [0.2, 0.25) is 5.43 Å². The molecular weight excluding hydrogens is 332 g/mol. The molecule has 1 aliphatic heterocycles. The number of phenols is 1. The van der Waals surface area contributed by atoms with Gasteiger partial charge in [-0.15, -0.1) is 0 Å². The van der Waals surface area contributed by atoms with Gasteiger partial charge in [0.15, 0.2) is 5.58 Å². The molecule has 0 amide bonds. The van der Waals surface area contributed by atoms with Crippen molar-refractivity contribution in [3.8, 4) is 28.4 Å². The minimum atomic E-state index is -0.446. The van der Waals surface area contributed by atoms with E-state index in [0.717, 1.165) is 5.56 Å². The molecule has 0 saturated heterocycles. The molecular formula is C21H18O5. The predicted molar refractivity (Wildman–Crippen MR) is 99.9 cm³/mol. The summed E-state index contributed by atoms with van der Waals surface area (Å²) >= 11 is 0. The van der Waals surface area contributed by atoms with E-state index in [1.54, 1.807) is 18.2 Å². The molecule has 132 valence electrons. The van der Waals surface area contributed by atoms with Crippen LogP contribution in [-0.4, -0.2) is 17.8 Å². The number of hydrogen-bond donors (Lipinski definition) is 1. The van der Waals surface area contributed by atoms with Crippen LogP contribution in [0.15, 0.2) is 51.9 Å². The number of aromatic hydroxyl groups is 1. The molecule has 5 heteroatoms. The molecule has 2 aromatic carbocycles. The van der Waals surface area contributed by atoms with Crippen LogP contribution in [0.3, 0.4) is 0 Å². The number of benzene rings is 2. The standard InChI is InChI=1S/C21H18O5/c1-21(2)9-8-14-16(26-21)10-17(24-3)18-19(23)15(11-25-20(14)18)12-4-6-13(22)7-5-12/h4-11,22H,1-3H3. The van der Waals surface area contributed by atoms with Crippen LogP contribution in [0.2, 0.25) is 0 Å². The predicted octanol–water partition coefficient (Wildman–Crippen LogP) is 4.36. The van der Waals surface area contributed by atoms with Gasteiger partial charge in [-0.3, -0.25) is 4.79 Å². The molecule has 1 aromatic heterocycles. The number of ether oxygens (including phenoxy) is 2. The first-order chi connectivity index (χ1) is 12.4. The molecule has 1 N–H and O–H groups in total. The second kappa shape index (κ2) is 5.66. The first-order valence-corrected chi connectivity index (χ1v) is 8.24. The molecule has 3 aromatic rings. The first kappa shape index (κ1) is 16.3. The summed E-state index contributed by atoms with van der Waals surface area (Å²) in [6.45, 7) is 3.90. The van der Waals surface area contributed by atoms with Crippen LogP contribution in [0.1, 0.15) is 19.4 Å². The summed E-state index contributed by atoms with van der Waals surface area (Å²) in [6.07, 6.45) is 5.27. The molecule has 0 unspecified atom stereocenters. The van der Waals surface area contributed by atoms with Gasteiger partial charge in [0, 0.05) is 6.07 Å². The summed E-state index contributed by atoms with van der Waals surface area (Å²) in [7, 11) is 1.51. The van der Waals surface area contributed by atoms with Gasteiger partial charge in [0.05, 0.1) is 18.2 Å². The molecule has 0 saturated carbocycles. The number of methoxy groups -OCH3 is 1. The fraction of sp³-hybridized carbons (Fsp3) is 0.190. The Labute approximate surface area is 150 Å². The van der Waals surface area contributed by atoms with Gasteiger partial charge in [0.1, 0.15) is 34.5 Å². The molecule has 4 rings (SSSR count). The van der Waals surface area contributed by atoms with Crippen molar-refractivity contribution in [2.24, 2.45) is 0 Å². The molecule has 5 nitrogen and oxygen atoms in total. The summed E-state index contributed by atoms with van der Waals surface area (Å²) < 4.78 is 17.3. The zero-order chi connectivity index (χ0) is 18.5. The molecule has 0 atom stereocenters. The van der Waals surface area contributed by atoms with E-state index in [9.17, 15) is 9.90 Å². The van der Waals surface area contributed by atoms with Crippen molar-refractivity contribution < 1.29 is 19.0 Å². The summed E-state index contributed by atoms with van der Waals surface area (Å²) in [5.41, 5.74) is 1.56. The lowest BCUT2D eigenvalue weighted by atomic mass is 9.98. The number of hydrogen-bond acceptors (Lipinski definition) is 5. The normalized spacial score (nSPS) is 14.7. The Hall–Kier alpha value is -3.21. The Balaban J connectivity index is 2.01.